The second-order valence-corrected chi connectivity index (χ2v) is 5.96. The highest BCUT2D eigenvalue weighted by Gasteiger charge is 2.46. The van der Waals surface area contributed by atoms with E-state index in [1.165, 1.54) is 20.9 Å². The van der Waals surface area contributed by atoms with Crippen molar-refractivity contribution in [1.82, 2.24) is 10.5 Å². The van der Waals surface area contributed by atoms with Crippen LogP contribution in [-0.4, -0.2) is 51.3 Å². The van der Waals surface area contributed by atoms with Gasteiger partial charge >= 0.3 is 5.97 Å². The highest BCUT2D eigenvalue weighted by molar-refractivity contribution is 6.23. The number of nitrogens with one attached hydrogen (secondary N) is 1. The number of carbonyl (C=O) groups excluding carboxylic acids is 2. The van der Waals surface area contributed by atoms with Crippen molar-refractivity contribution in [3.63, 3.8) is 0 Å². The van der Waals surface area contributed by atoms with Crippen LogP contribution in [0.15, 0.2) is 29.4 Å². The molecule has 0 fully saturated rings. The fourth-order valence-corrected chi connectivity index (χ4v) is 2.46. The molecule has 0 aliphatic carbocycles. The molecule has 1 aliphatic rings. The first-order valence-electron chi connectivity index (χ1n) is 7.35. The molecule has 24 heavy (non-hydrogen) atoms. The molecule has 0 radical (unpaired) electrons. The number of hydrazone groups is 1. The zero-order valence-corrected chi connectivity index (χ0v) is 13.6. The first-order chi connectivity index (χ1) is 11.2. The van der Waals surface area contributed by atoms with Crippen LogP contribution >= 0.6 is 0 Å². The number of hydrogen-bond donors (Lipinski definition) is 3. The lowest BCUT2D eigenvalue weighted by Crippen LogP contribution is -2.53. The zero-order valence-electron chi connectivity index (χ0n) is 13.6. The van der Waals surface area contributed by atoms with Gasteiger partial charge in [-0.15, -0.1) is 0 Å². The predicted octanol–water partition coefficient (Wildman–Crippen LogP) is 0.894. The van der Waals surface area contributed by atoms with E-state index >= 15 is 0 Å². The highest BCUT2D eigenvalue weighted by atomic mass is 16.5. The molecule has 2 atom stereocenters. The van der Waals surface area contributed by atoms with E-state index in [9.17, 15) is 19.6 Å². The molecule has 1 aromatic rings. The van der Waals surface area contributed by atoms with E-state index in [1.807, 2.05) is 5.48 Å². The fourth-order valence-electron chi connectivity index (χ4n) is 2.46. The van der Waals surface area contributed by atoms with E-state index in [0.29, 0.717) is 16.8 Å². The van der Waals surface area contributed by atoms with Gasteiger partial charge in [0.2, 0.25) is 0 Å². The topological polar surface area (TPSA) is 119 Å². The Kier molecular flexibility index (Phi) is 4.81. The van der Waals surface area contributed by atoms with Gasteiger partial charge in [-0.25, -0.2) is 5.01 Å². The maximum atomic E-state index is 12.1. The van der Waals surface area contributed by atoms with Crippen molar-refractivity contribution < 1.29 is 24.7 Å². The second-order valence-electron chi connectivity index (χ2n) is 5.96. The highest BCUT2D eigenvalue weighted by Crippen LogP contribution is 2.24. The Bertz CT molecular complexity index is 713. The number of hydrogen-bond acceptors (Lipinski definition) is 6. The average molecular weight is 333 g/mol. The zero-order chi connectivity index (χ0) is 18.1. The number of rotatable bonds is 6. The molecule has 8 heteroatoms. The van der Waals surface area contributed by atoms with E-state index in [2.05, 4.69) is 5.10 Å². The SMILES string of the molecule is C[C@H](CC(=O)c1ccc(C2=NN(C)C(=O)C2(C)NO)cc1)C(=O)O. The van der Waals surface area contributed by atoms with Gasteiger partial charge in [0.15, 0.2) is 11.3 Å². The molecule has 0 bridgehead atoms. The van der Waals surface area contributed by atoms with Gasteiger partial charge in [-0.05, 0) is 6.92 Å². The van der Waals surface area contributed by atoms with E-state index in [1.54, 1.807) is 24.3 Å². The third kappa shape index (κ3) is 3.06. The van der Waals surface area contributed by atoms with Crippen molar-refractivity contribution in [2.75, 3.05) is 7.05 Å². The molecule has 1 aromatic carbocycles. The molecule has 0 aromatic heterocycles. The van der Waals surface area contributed by atoms with Crippen molar-refractivity contribution in [2.45, 2.75) is 25.8 Å². The van der Waals surface area contributed by atoms with Crippen LogP contribution in [0, 0.1) is 5.92 Å². The number of carboxylic acids is 1. The smallest absolute Gasteiger partial charge is 0.306 e. The van der Waals surface area contributed by atoms with Gasteiger partial charge in [-0.3, -0.25) is 14.4 Å². The summed E-state index contributed by atoms with van der Waals surface area (Å²) in [4.78, 5) is 35.0. The van der Waals surface area contributed by atoms with Gasteiger partial charge in [0, 0.05) is 24.6 Å². The van der Waals surface area contributed by atoms with Gasteiger partial charge in [0.05, 0.1) is 11.6 Å². The van der Waals surface area contributed by atoms with E-state index in [-0.39, 0.29) is 12.2 Å². The molecular formula is C16H19N3O5. The number of benzene rings is 1. The summed E-state index contributed by atoms with van der Waals surface area (Å²) in [5, 5.41) is 23.5. The van der Waals surface area contributed by atoms with E-state index < -0.39 is 23.3 Å². The number of aliphatic carboxylic acids is 1. The number of amides is 1. The molecule has 1 heterocycles. The number of Topliss-reactive ketones (excluding diaryl/α,β-unsaturated/α-hetero) is 1. The number of carbonyl (C=O) groups is 3. The third-order valence-electron chi connectivity index (χ3n) is 4.06. The number of nitrogens with zero attached hydrogens (tertiary/aromatic N) is 2. The lowest BCUT2D eigenvalue weighted by atomic mass is 9.90. The van der Waals surface area contributed by atoms with Crippen LogP contribution < -0.4 is 5.48 Å². The molecule has 128 valence electrons. The van der Waals surface area contributed by atoms with Crippen molar-refractivity contribution in [3.8, 4) is 0 Å². The molecule has 3 N–H and O–H groups in total. The van der Waals surface area contributed by atoms with E-state index in [0.717, 1.165) is 5.01 Å². The van der Waals surface area contributed by atoms with Crippen molar-refractivity contribution in [2.24, 2.45) is 11.0 Å². The molecule has 2 rings (SSSR count). The molecule has 1 amide bonds. The second kappa shape index (κ2) is 6.50. The first-order valence-corrected chi connectivity index (χ1v) is 7.35. The van der Waals surface area contributed by atoms with Crippen molar-refractivity contribution in [3.05, 3.63) is 35.4 Å². The maximum absolute atomic E-state index is 12.1. The van der Waals surface area contributed by atoms with Crippen LogP contribution in [0.25, 0.3) is 0 Å². The summed E-state index contributed by atoms with van der Waals surface area (Å²) >= 11 is 0. The van der Waals surface area contributed by atoms with Crippen LogP contribution in [0.4, 0.5) is 0 Å². The number of carboxylic acid groups (broad SMARTS) is 1. The van der Waals surface area contributed by atoms with Gasteiger partial charge in [0.1, 0.15) is 0 Å². The fraction of sp³-hybridized carbons (Fsp3) is 0.375. The Balaban J connectivity index is 2.24. The molecule has 0 saturated carbocycles. The quantitative estimate of drug-likeness (QED) is 0.525. The first kappa shape index (κ1) is 17.8. The van der Waals surface area contributed by atoms with Gasteiger partial charge in [-0.1, -0.05) is 31.2 Å². The minimum absolute atomic E-state index is 0.0905. The Hall–Kier alpha value is -2.58. The summed E-state index contributed by atoms with van der Waals surface area (Å²) in [5.41, 5.74) is 1.90. The van der Waals surface area contributed by atoms with E-state index in [4.69, 9.17) is 5.11 Å². The minimum Gasteiger partial charge on any atom is -0.481 e. The van der Waals surface area contributed by atoms with Crippen LogP contribution in [0.5, 0.6) is 0 Å². The number of ketones is 1. The maximum Gasteiger partial charge on any atom is 0.306 e. The van der Waals surface area contributed by atoms with Gasteiger partial charge in [-0.2, -0.15) is 10.6 Å². The van der Waals surface area contributed by atoms with Gasteiger partial charge in [0.25, 0.3) is 5.91 Å². The molecule has 0 saturated heterocycles. The molecule has 1 aliphatic heterocycles. The third-order valence-corrected chi connectivity index (χ3v) is 4.06. The van der Waals surface area contributed by atoms with Crippen LogP contribution in [0.2, 0.25) is 0 Å². The molecule has 1 unspecified atom stereocenters. The summed E-state index contributed by atoms with van der Waals surface area (Å²) in [7, 11) is 1.48. The summed E-state index contributed by atoms with van der Waals surface area (Å²) < 4.78 is 0. The summed E-state index contributed by atoms with van der Waals surface area (Å²) in [6.45, 7) is 2.98. The Morgan fingerprint density at radius 1 is 1.33 bits per heavy atom. The van der Waals surface area contributed by atoms with Crippen molar-refractivity contribution in [1.29, 1.82) is 0 Å². The summed E-state index contributed by atoms with van der Waals surface area (Å²) in [6.07, 6.45) is -0.0905. The largest absolute Gasteiger partial charge is 0.481 e. The van der Waals surface area contributed by atoms with Crippen LogP contribution in [0.3, 0.4) is 0 Å². The lowest BCUT2D eigenvalue weighted by molar-refractivity contribution is -0.141. The van der Waals surface area contributed by atoms with Gasteiger partial charge < -0.3 is 10.3 Å². The monoisotopic (exact) mass is 333 g/mol. The predicted molar refractivity (Wildman–Crippen MR) is 84.8 cm³/mol. The number of hydroxylamine groups is 1. The Morgan fingerprint density at radius 3 is 2.42 bits per heavy atom. The molecule has 8 nitrogen and oxygen atoms in total. The standard InChI is InChI=1S/C16H19N3O5/c1-9(14(21)22)8-12(20)10-4-6-11(7-5-10)13-16(2,18-24)15(23)19(3)17-13/h4-7,9,18,24H,8H2,1-3H3,(H,21,22)/t9-,16?/m1/s1. The normalized spacial score (nSPS) is 21.6. The summed E-state index contributed by atoms with van der Waals surface area (Å²) in [6, 6.07) is 6.32. The van der Waals surface area contributed by atoms with Crippen LogP contribution in [0.1, 0.15) is 36.2 Å². The van der Waals surface area contributed by atoms with Crippen LogP contribution in [-0.2, 0) is 9.59 Å². The lowest BCUT2D eigenvalue weighted by Gasteiger charge is -2.21. The van der Waals surface area contributed by atoms with Crippen molar-refractivity contribution >= 4 is 23.4 Å². The number of likely N-dealkylation sites (N-methyl/N-ethyl adjacent to an activating group) is 1. The summed E-state index contributed by atoms with van der Waals surface area (Å²) in [5.74, 6) is -2.47. The molecular weight excluding hydrogens is 314 g/mol. The molecule has 0 spiro atoms. The Labute approximate surface area is 138 Å². The Morgan fingerprint density at radius 2 is 1.92 bits per heavy atom. The average Bonchev–Trinajstić information content (AvgIpc) is 2.79. The minimum atomic E-state index is -1.36.